The molecule has 0 amide bonds. The van der Waals surface area contributed by atoms with Crippen molar-refractivity contribution in [1.82, 2.24) is 9.97 Å². The number of nitrogen functional groups attached to an aromatic ring is 1. The molecule has 0 fully saturated rings. The van der Waals surface area contributed by atoms with Crippen molar-refractivity contribution in [2.24, 2.45) is 0 Å². The summed E-state index contributed by atoms with van der Waals surface area (Å²) in [6.07, 6.45) is 2.49. The van der Waals surface area contributed by atoms with E-state index in [2.05, 4.69) is 9.97 Å². The van der Waals surface area contributed by atoms with Gasteiger partial charge in [-0.3, -0.25) is 0 Å². The van der Waals surface area contributed by atoms with Gasteiger partial charge < -0.3 is 10.8 Å². The van der Waals surface area contributed by atoms with Crippen molar-refractivity contribution in [2.45, 2.75) is 0 Å². The Kier molecular flexibility index (Phi) is 1.49. The molecule has 1 rings (SSSR count). The molecule has 0 aliphatic carbocycles. The molecule has 10 heavy (non-hydrogen) atoms. The highest BCUT2D eigenvalue weighted by Crippen LogP contribution is 1.94. The Morgan fingerprint density at radius 2 is 2.00 bits per heavy atom. The fourth-order valence-electron chi connectivity index (χ4n) is 0.448. The lowest BCUT2D eigenvalue weighted by atomic mass is 10.5. The molecule has 0 spiro atoms. The Balaban J connectivity index is 3.00. The van der Waals surface area contributed by atoms with Gasteiger partial charge in [0.1, 0.15) is 0 Å². The molecule has 0 radical (unpaired) electrons. The van der Waals surface area contributed by atoms with Crippen LogP contribution in [-0.4, -0.2) is 21.0 Å². The predicted octanol–water partition coefficient (Wildman–Crippen LogP) is -0.243. The van der Waals surface area contributed by atoms with Crippen LogP contribution in [0.3, 0.4) is 0 Å². The Morgan fingerprint density at radius 3 is 2.40 bits per heavy atom. The van der Waals surface area contributed by atoms with Crippen molar-refractivity contribution >= 4 is 11.7 Å². The van der Waals surface area contributed by atoms with E-state index in [-0.39, 0.29) is 5.82 Å². The fraction of sp³-hybridized carbons (Fsp3) is 0. The van der Waals surface area contributed by atoms with Crippen LogP contribution in [-0.2, 0) is 0 Å². The van der Waals surface area contributed by atoms with E-state index in [1.165, 1.54) is 12.4 Å². The normalized spacial score (nSPS) is 9.20. The highest BCUT2D eigenvalue weighted by molar-refractivity contribution is 5.83. The van der Waals surface area contributed by atoms with Crippen molar-refractivity contribution in [3.05, 3.63) is 18.2 Å². The van der Waals surface area contributed by atoms with Gasteiger partial charge in [-0.25, -0.2) is 14.8 Å². The summed E-state index contributed by atoms with van der Waals surface area (Å²) in [7, 11) is 0. The molecule has 1 heterocycles. The lowest BCUT2D eigenvalue weighted by molar-refractivity contribution is 0.0683. The van der Waals surface area contributed by atoms with Gasteiger partial charge in [0.25, 0.3) is 0 Å². The van der Waals surface area contributed by atoms with Crippen molar-refractivity contribution < 1.29 is 9.90 Å². The molecule has 0 bridgehead atoms. The zero-order valence-corrected chi connectivity index (χ0v) is 4.98. The molecular formula is C5H5N3O2. The Hall–Kier alpha value is -1.65. The first-order chi connectivity index (χ1) is 4.70. The first-order valence-electron chi connectivity index (χ1n) is 2.51. The molecule has 1 aromatic rings. The zero-order chi connectivity index (χ0) is 7.56. The number of carboxylic acid groups (broad SMARTS) is 1. The molecule has 5 nitrogen and oxygen atoms in total. The molecule has 0 saturated carbocycles. The molecule has 0 saturated heterocycles. The summed E-state index contributed by atoms with van der Waals surface area (Å²) in [5.74, 6) is -1.39. The largest absolute Gasteiger partial charge is 0.475 e. The lowest BCUT2D eigenvalue weighted by Crippen LogP contribution is -2.03. The van der Waals surface area contributed by atoms with Crippen LogP contribution in [0.25, 0.3) is 0 Å². The predicted molar refractivity (Wildman–Crippen MR) is 33.4 cm³/mol. The molecule has 0 aliphatic rings. The summed E-state index contributed by atoms with van der Waals surface area (Å²) in [6.45, 7) is 0. The molecule has 52 valence electrons. The number of anilines is 1. The van der Waals surface area contributed by atoms with E-state index in [4.69, 9.17) is 10.8 Å². The van der Waals surface area contributed by atoms with E-state index in [1.54, 1.807) is 0 Å². The molecule has 0 atom stereocenters. The summed E-state index contributed by atoms with van der Waals surface area (Å²) >= 11 is 0. The Labute approximate surface area is 56.5 Å². The average Bonchev–Trinajstić information content (AvgIpc) is 1.88. The number of hydrogen-bond acceptors (Lipinski definition) is 4. The van der Waals surface area contributed by atoms with Crippen LogP contribution >= 0.6 is 0 Å². The van der Waals surface area contributed by atoms with Gasteiger partial charge in [-0.1, -0.05) is 0 Å². The highest BCUT2D eigenvalue weighted by atomic mass is 16.4. The summed E-state index contributed by atoms with van der Waals surface area (Å²) in [5.41, 5.74) is 5.56. The SMILES string of the molecule is Nc1cnc(C(=O)O)nc1. The lowest BCUT2D eigenvalue weighted by Gasteiger charge is -1.91. The van der Waals surface area contributed by atoms with E-state index in [0.29, 0.717) is 5.69 Å². The van der Waals surface area contributed by atoms with Crippen LogP contribution in [0, 0.1) is 0 Å². The number of rotatable bonds is 1. The van der Waals surface area contributed by atoms with Crippen molar-refractivity contribution in [3.8, 4) is 0 Å². The van der Waals surface area contributed by atoms with Gasteiger partial charge in [0.15, 0.2) is 0 Å². The second kappa shape index (κ2) is 2.30. The maximum atomic E-state index is 10.1. The van der Waals surface area contributed by atoms with Crippen molar-refractivity contribution in [2.75, 3.05) is 5.73 Å². The van der Waals surface area contributed by atoms with Crippen LogP contribution in [0.2, 0.25) is 0 Å². The van der Waals surface area contributed by atoms with Crippen LogP contribution < -0.4 is 5.73 Å². The van der Waals surface area contributed by atoms with Gasteiger partial charge in [-0.2, -0.15) is 0 Å². The maximum absolute atomic E-state index is 10.1. The quantitative estimate of drug-likeness (QED) is 0.560. The first-order valence-corrected chi connectivity index (χ1v) is 2.51. The standard InChI is InChI=1S/C5H5N3O2/c6-3-1-7-4(5(9)10)8-2-3/h1-2H,6H2,(H,9,10). The summed E-state index contributed by atoms with van der Waals surface area (Å²) in [4.78, 5) is 17.0. The third-order valence-electron chi connectivity index (χ3n) is 0.863. The molecule has 0 aromatic carbocycles. The molecule has 3 N–H and O–H groups in total. The van der Waals surface area contributed by atoms with Crippen molar-refractivity contribution in [1.29, 1.82) is 0 Å². The molecular weight excluding hydrogens is 134 g/mol. The Bertz CT molecular complexity index is 244. The minimum atomic E-state index is -1.15. The van der Waals surface area contributed by atoms with Gasteiger partial charge in [0, 0.05) is 0 Å². The summed E-state index contributed by atoms with van der Waals surface area (Å²) in [6, 6.07) is 0. The second-order valence-electron chi connectivity index (χ2n) is 1.65. The van der Waals surface area contributed by atoms with Crippen molar-refractivity contribution in [3.63, 3.8) is 0 Å². The number of hydrogen-bond donors (Lipinski definition) is 2. The van der Waals surface area contributed by atoms with Gasteiger partial charge in [0.05, 0.1) is 18.1 Å². The smallest absolute Gasteiger partial charge is 0.373 e. The van der Waals surface area contributed by atoms with Crippen LogP contribution in [0.1, 0.15) is 10.6 Å². The number of aromatic carboxylic acids is 1. The molecule has 5 heteroatoms. The maximum Gasteiger partial charge on any atom is 0.373 e. The number of nitrogens with two attached hydrogens (primary N) is 1. The van der Waals surface area contributed by atoms with E-state index in [1.807, 2.05) is 0 Å². The summed E-state index contributed by atoms with van der Waals surface area (Å²) < 4.78 is 0. The topological polar surface area (TPSA) is 89.1 Å². The third kappa shape index (κ3) is 1.19. The molecule has 0 aliphatic heterocycles. The first kappa shape index (κ1) is 6.47. The molecule has 1 aromatic heterocycles. The number of nitrogens with zero attached hydrogens (tertiary/aromatic N) is 2. The third-order valence-corrected chi connectivity index (χ3v) is 0.863. The number of carboxylic acids is 1. The van der Waals surface area contributed by atoms with Crippen LogP contribution in [0.4, 0.5) is 5.69 Å². The van der Waals surface area contributed by atoms with E-state index < -0.39 is 5.97 Å². The highest BCUT2D eigenvalue weighted by Gasteiger charge is 2.03. The second-order valence-corrected chi connectivity index (χ2v) is 1.65. The Morgan fingerprint density at radius 1 is 1.50 bits per heavy atom. The van der Waals surface area contributed by atoms with Gasteiger partial charge in [-0.15, -0.1) is 0 Å². The number of carbonyl (C=O) groups is 1. The van der Waals surface area contributed by atoms with Gasteiger partial charge in [0.2, 0.25) is 5.82 Å². The molecule has 0 unspecified atom stereocenters. The van der Waals surface area contributed by atoms with E-state index in [0.717, 1.165) is 0 Å². The van der Waals surface area contributed by atoms with Gasteiger partial charge >= 0.3 is 5.97 Å². The minimum absolute atomic E-state index is 0.241. The van der Waals surface area contributed by atoms with E-state index in [9.17, 15) is 4.79 Å². The zero-order valence-electron chi connectivity index (χ0n) is 4.98. The minimum Gasteiger partial charge on any atom is -0.475 e. The summed E-state index contributed by atoms with van der Waals surface area (Å²) in [5, 5.41) is 8.31. The fourth-order valence-corrected chi connectivity index (χ4v) is 0.448. The average molecular weight is 139 g/mol. The van der Waals surface area contributed by atoms with E-state index >= 15 is 0 Å². The number of aromatic nitrogens is 2. The monoisotopic (exact) mass is 139 g/mol. The van der Waals surface area contributed by atoms with Crippen LogP contribution in [0.15, 0.2) is 12.4 Å². The van der Waals surface area contributed by atoms with Gasteiger partial charge in [-0.05, 0) is 0 Å². The van der Waals surface area contributed by atoms with Crippen LogP contribution in [0.5, 0.6) is 0 Å².